The molecule has 0 spiro atoms. The highest BCUT2D eigenvalue weighted by molar-refractivity contribution is 6.01. The minimum atomic E-state index is -0.464. The average Bonchev–Trinajstić information content (AvgIpc) is 3.14. The van der Waals surface area contributed by atoms with Gasteiger partial charge in [-0.15, -0.1) is 10.2 Å². The number of amides is 2. The number of piperazine rings is 1. The number of nitrogens with zero attached hydrogens (tertiary/aromatic N) is 4. The molecule has 0 radical (unpaired) electrons. The monoisotopic (exact) mass is 531 g/mol. The second-order valence-corrected chi connectivity index (χ2v) is 10.5. The first-order chi connectivity index (χ1) is 18.8. The topological polar surface area (TPSA) is 137 Å². The summed E-state index contributed by atoms with van der Waals surface area (Å²) in [5.41, 5.74) is 9.64. The van der Waals surface area contributed by atoms with Crippen molar-refractivity contribution in [3.8, 4) is 17.0 Å². The van der Waals surface area contributed by atoms with Crippen molar-refractivity contribution >= 4 is 29.0 Å². The summed E-state index contributed by atoms with van der Waals surface area (Å²) in [5.74, 6) is -0.729. The molecule has 2 bridgehead atoms. The van der Waals surface area contributed by atoms with Crippen LogP contribution >= 0.6 is 0 Å². The first kappa shape index (κ1) is 25.1. The molecule has 39 heavy (non-hydrogen) atoms. The summed E-state index contributed by atoms with van der Waals surface area (Å²) in [6.45, 7) is 2.36. The number of fused-ring (bicyclic) bond motifs is 2. The maximum absolute atomic E-state index is 13.8. The molecule has 5 N–H and O–H groups in total. The molecule has 0 saturated carbocycles. The summed E-state index contributed by atoms with van der Waals surface area (Å²) in [7, 11) is 0. The highest BCUT2D eigenvalue weighted by Crippen LogP contribution is 2.37. The van der Waals surface area contributed by atoms with Crippen molar-refractivity contribution in [1.82, 2.24) is 20.4 Å². The van der Waals surface area contributed by atoms with Crippen molar-refractivity contribution in [3.05, 3.63) is 59.9 Å². The molecule has 202 valence electrons. The van der Waals surface area contributed by atoms with Gasteiger partial charge in [0.1, 0.15) is 17.6 Å². The Morgan fingerprint density at radius 2 is 1.77 bits per heavy atom. The number of carbonyl (C=O) groups excluding carboxylic acids is 2. The quantitative estimate of drug-likeness (QED) is 0.354. The molecule has 4 heterocycles. The lowest BCUT2D eigenvalue weighted by Crippen LogP contribution is -2.53. The third-order valence-electron chi connectivity index (χ3n) is 7.91. The summed E-state index contributed by atoms with van der Waals surface area (Å²) < 4.78 is 13.8. The van der Waals surface area contributed by atoms with Crippen LogP contribution in [0.5, 0.6) is 5.75 Å². The van der Waals surface area contributed by atoms with Crippen LogP contribution in [0.25, 0.3) is 11.3 Å². The Labute approximate surface area is 225 Å². The number of imide groups is 1. The number of halogens is 1. The zero-order valence-corrected chi connectivity index (χ0v) is 21.3. The number of nitrogens with two attached hydrogens (primary N) is 1. The Morgan fingerprint density at radius 1 is 1.03 bits per heavy atom. The van der Waals surface area contributed by atoms with Gasteiger partial charge in [0.15, 0.2) is 5.82 Å². The van der Waals surface area contributed by atoms with Crippen molar-refractivity contribution < 1.29 is 19.1 Å². The van der Waals surface area contributed by atoms with Crippen LogP contribution in [0.15, 0.2) is 48.5 Å². The molecule has 3 aliphatic heterocycles. The third kappa shape index (κ3) is 5.09. The molecule has 3 aliphatic rings. The van der Waals surface area contributed by atoms with Crippen molar-refractivity contribution in [2.24, 2.45) is 0 Å². The zero-order chi connectivity index (χ0) is 27.1. The molecule has 3 aromatic rings. The highest BCUT2D eigenvalue weighted by atomic mass is 19.1. The minimum absolute atomic E-state index is 0.0652. The SMILES string of the molecule is Nc1nnc(-c2cc(F)ccc2O)cc1N1CC2CCC(C1)N2Cc1ccc(NC2CCC(=O)NC2=O)cc1. The van der Waals surface area contributed by atoms with E-state index in [4.69, 9.17) is 5.73 Å². The first-order valence-corrected chi connectivity index (χ1v) is 13.2. The molecule has 2 amide bonds. The van der Waals surface area contributed by atoms with E-state index in [1.54, 1.807) is 6.07 Å². The number of carbonyl (C=O) groups is 2. The third-order valence-corrected chi connectivity index (χ3v) is 7.91. The second kappa shape index (κ2) is 10.1. The van der Waals surface area contributed by atoms with Gasteiger partial charge < -0.3 is 21.1 Å². The van der Waals surface area contributed by atoms with Gasteiger partial charge in [-0.3, -0.25) is 19.8 Å². The van der Waals surface area contributed by atoms with E-state index in [0.717, 1.165) is 43.9 Å². The molecule has 3 atom stereocenters. The fraction of sp³-hybridized carbons (Fsp3) is 0.357. The molecular weight excluding hydrogens is 501 g/mol. The number of aromatic nitrogens is 2. The fourth-order valence-electron chi connectivity index (χ4n) is 5.88. The number of nitrogen functional groups attached to an aromatic ring is 1. The van der Waals surface area contributed by atoms with E-state index >= 15 is 0 Å². The number of hydrogen-bond donors (Lipinski definition) is 4. The van der Waals surface area contributed by atoms with Crippen molar-refractivity contribution in [3.63, 3.8) is 0 Å². The number of hydrogen-bond acceptors (Lipinski definition) is 9. The van der Waals surface area contributed by atoms with E-state index in [0.29, 0.717) is 36.4 Å². The van der Waals surface area contributed by atoms with Gasteiger partial charge in [0.2, 0.25) is 11.8 Å². The molecule has 3 unspecified atom stereocenters. The van der Waals surface area contributed by atoms with E-state index in [-0.39, 0.29) is 23.1 Å². The Kier molecular flexibility index (Phi) is 6.51. The van der Waals surface area contributed by atoms with Crippen LogP contribution in [0, 0.1) is 5.82 Å². The number of anilines is 3. The van der Waals surface area contributed by atoms with E-state index in [9.17, 15) is 19.1 Å². The van der Waals surface area contributed by atoms with Crippen LogP contribution in [0.4, 0.5) is 21.6 Å². The predicted molar refractivity (Wildman–Crippen MR) is 144 cm³/mol. The van der Waals surface area contributed by atoms with Gasteiger partial charge in [0, 0.05) is 49.4 Å². The largest absolute Gasteiger partial charge is 0.507 e. The van der Waals surface area contributed by atoms with Crippen molar-refractivity contribution in [2.75, 3.05) is 29.0 Å². The van der Waals surface area contributed by atoms with Gasteiger partial charge >= 0.3 is 0 Å². The number of nitrogens with one attached hydrogen (secondary N) is 2. The average molecular weight is 532 g/mol. The smallest absolute Gasteiger partial charge is 0.249 e. The number of rotatable bonds is 6. The standard InChI is InChI=1S/C28H30FN7O3/c29-17-3-9-25(37)21(11-17)23-12-24(27(30)34-33-23)35-14-19-6-7-20(15-35)36(19)13-16-1-4-18(5-2-16)31-22-8-10-26(38)32-28(22)39/h1-5,9,11-12,19-20,22,31,37H,6-8,10,13-15H2,(H2,30,34)(H,32,38,39). The van der Waals surface area contributed by atoms with E-state index in [1.807, 2.05) is 12.1 Å². The maximum Gasteiger partial charge on any atom is 0.249 e. The number of phenolic OH excluding ortho intramolecular Hbond substituents is 1. The van der Waals surface area contributed by atoms with Crippen LogP contribution in [0.3, 0.4) is 0 Å². The lowest BCUT2D eigenvalue weighted by molar-refractivity contribution is -0.133. The Hall–Kier alpha value is -4.25. The summed E-state index contributed by atoms with van der Waals surface area (Å²) in [5, 5.41) is 24.0. The zero-order valence-electron chi connectivity index (χ0n) is 21.3. The summed E-state index contributed by atoms with van der Waals surface area (Å²) in [6, 6.07) is 13.9. The highest BCUT2D eigenvalue weighted by Gasteiger charge is 2.40. The number of piperidine rings is 1. The molecule has 6 rings (SSSR count). The second-order valence-electron chi connectivity index (χ2n) is 10.5. The van der Waals surface area contributed by atoms with E-state index in [2.05, 4.69) is 42.8 Å². The van der Waals surface area contributed by atoms with E-state index < -0.39 is 11.9 Å². The van der Waals surface area contributed by atoms with Crippen LogP contribution in [-0.4, -0.2) is 63.2 Å². The summed E-state index contributed by atoms with van der Waals surface area (Å²) in [6.07, 6.45) is 2.98. The Bertz CT molecular complexity index is 1400. The molecule has 2 aromatic carbocycles. The minimum Gasteiger partial charge on any atom is -0.507 e. The van der Waals surface area contributed by atoms with Crippen molar-refractivity contribution in [2.45, 2.75) is 50.4 Å². The van der Waals surface area contributed by atoms with Crippen LogP contribution < -0.4 is 21.3 Å². The van der Waals surface area contributed by atoms with Gasteiger partial charge in [-0.25, -0.2) is 4.39 Å². The van der Waals surface area contributed by atoms with Gasteiger partial charge in [0.05, 0.1) is 11.4 Å². The van der Waals surface area contributed by atoms with Gasteiger partial charge in [0.25, 0.3) is 0 Å². The predicted octanol–water partition coefficient (Wildman–Crippen LogP) is 2.64. The summed E-state index contributed by atoms with van der Waals surface area (Å²) >= 11 is 0. The molecular formula is C28H30FN7O3. The van der Waals surface area contributed by atoms with Gasteiger partial charge in [-0.05, 0) is 61.2 Å². The van der Waals surface area contributed by atoms with Crippen LogP contribution in [0.1, 0.15) is 31.2 Å². The number of aromatic hydroxyl groups is 1. The van der Waals surface area contributed by atoms with Gasteiger partial charge in [-0.1, -0.05) is 12.1 Å². The van der Waals surface area contributed by atoms with Crippen molar-refractivity contribution in [1.29, 1.82) is 0 Å². The fourth-order valence-corrected chi connectivity index (χ4v) is 5.88. The van der Waals surface area contributed by atoms with Crippen LogP contribution in [0.2, 0.25) is 0 Å². The molecule has 3 fully saturated rings. The summed E-state index contributed by atoms with van der Waals surface area (Å²) in [4.78, 5) is 28.2. The van der Waals surface area contributed by atoms with Gasteiger partial charge in [-0.2, -0.15) is 0 Å². The molecule has 3 saturated heterocycles. The molecule has 0 aliphatic carbocycles. The molecule has 11 heteroatoms. The van der Waals surface area contributed by atoms with E-state index in [1.165, 1.54) is 23.8 Å². The first-order valence-electron chi connectivity index (χ1n) is 13.2. The molecule has 10 nitrogen and oxygen atoms in total. The van der Waals surface area contributed by atoms with Crippen LogP contribution in [-0.2, 0) is 16.1 Å². The normalized spacial score (nSPS) is 23.1. The Morgan fingerprint density at radius 3 is 2.49 bits per heavy atom. The lowest BCUT2D eigenvalue weighted by Gasteiger charge is -2.42. The lowest BCUT2D eigenvalue weighted by atomic mass is 10.1. The number of phenols is 1. The molecule has 1 aromatic heterocycles. The Balaban J connectivity index is 1.13. The maximum atomic E-state index is 13.8. The number of benzene rings is 2.